The number of hydrogen-bond acceptors (Lipinski definition) is 3. The van der Waals surface area contributed by atoms with Crippen LogP contribution >= 0.6 is 6.04 Å². The summed E-state index contributed by atoms with van der Waals surface area (Å²) in [5.41, 5.74) is 5.60. The van der Waals surface area contributed by atoms with E-state index in [0.29, 0.717) is 0 Å². The second-order valence-corrected chi connectivity index (χ2v) is 14.7. The highest BCUT2D eigenvalue weighted by Crippen LogP contribution is 2.60. The van der Waals surface area contributed by atoms with Crippen LogP contribution in [-0.2, 0) is 11.8 Å². The Hall–Kier alpha value is -4.63. The van der Waals surface area contributed by atoms with Crippen molar-refractivity contribution in [2.75, 3.05) is 0 Å². The van der Waals surface area contributed by atoms with Gasteiger partial charge >= 0.3 is 0 Å². The zero-order valence-electron chi connectivity index (χ0n) is 21.8. The summed E-state index contributed by atoms with van der Waals surface area (Å²) in [7, 11) is 0. The van der Waals surface area contributed by atoms with E-state index in [1.165, 1.54) is 21.8 Å². The highest BCUT2D eigenvalue weighted by atomic mass is 32.4. The second-order valence-electron chi connectivity index (χ2n) is 10.5. The Morgan fingerprint density at radius 2 is 1.07 bits per heavy atom. The Kier molecular flexibility index (Phi) is 4.76. The molecule has 0 spiro atoms. The van der Waals surface area contributed by atoms with Crippen molar-refractivity contribution in [3.8, 4) is 39.8 Å². The van der Waals surface area contributed by atoms with Crippen molar-refractivity contribution in [1.82, 2.24) is 4.57 Å². The first-order valence-electron chi connectivity index (χ1n) is 13.6. The van der Waals surface area contributed by atoms with E-state index in [2.05, 4.69) is 114 Å². The molecule has 0 radical (unpaired) electrons. The summed E-state index contributed by atoms with van der Waals surface area (Å²) >= 11 is 6.68. The average molecular weight is 564 g/mol. The Balaban J connectivity index is 1.24. The van der Waals surface area contributed by atoms with Gasteiger partial charge in [0.05, 0.1) is 22.4 Å². The summed E-state index contributed by atoms with van der Waals surface area (Å²) in [6.07, 6.45) is 0. The number of hydrogen-bond donors (Lipinski definition) is 0. The van der Waals surface area contributed by atoms with E-state index in [1.54, 1.807) is 0 Å². The van der Waals surface area contributed by atoms with Crippen LogP contribution in [0.5, 0.6) is 23.0 Å². The van der Waals surface area contributed by atoms with Crippen LogP contribution in [0.1, 0.15) is 0 Å². The monoisotopic (exact) mass is 563 g/mol. The lowest BCUT2D eigenvalue weighted by Crippen LogP contribution is -2.35. The van der Waals surface area contributed by atoms with E-state index >= 15 is 0 Å². The molecule has 41 heavy (non-hydrogen) atoms. The second kappa shape index (κ2) is 8.44. The summed E-state index contributed by atoms with van der Waals surface area (Å²) in [4.78, 5) is 0. The molecule has 6 aromatic carbocycles. The van der Waals surface area contributed by atoms with Crippen LogP contribution in [0.4, 0.5) is 0 Å². The average Bonchev–Trinajstić information content (AvgIpc) is 3.36. The first kappa shape index (κ1) is 23.1. The molecule has 194 valence electrons. The van der Waals surface area contributed by atoms with Gasteiger partial charge in [0.25, 0.3) is 0 Å². The first-order chi connectivity index (χ1) is 20.2. The van der Waals surface area contributed by atoms with Gasteiger partial charge in [-0.25, -0.2) is 0 Å². The predicted octanol–water partition coefficient (Wildman–Crippen LogP) is 8.42. The maximum Gasteiger partial charge on any atom is 0.148 e. The van der Waals surface area contributed by atoms with Crippen molar-refractivity contribution in [1.29, 1.82) is 0 Å². The molecule has 0 fully saturated rings. The smallest absolute Gasteiger partial charge is 0.148 e. The Morgan fingerprint density at radius 1 is 0.512 bits per heavy atom. The normalized spacial score (nSPS) is 16.4. The van der Waals surface area contributed by atoms with Crippen LogP contribution in [-0.4, -0.2) is 4.57 Å². The minimum absolute atomic E-state index is 0.794. The van der Waals surface area contributed by atoms with Crippen LogP contribution in [0, 0.1) is 0 Å². The molecule has 1 unspecified atom stereocenters. The standard InChI is InChI=1S/C36H22NO2PS/c41-40-33-15-7-5-13-30(33)38-32-22-21-25(35(36(32)40)39-31-14-6-8-16-34(31)40)23-17-19-24(20-18-23)37-28-11-3-1-9-26(28)27-10-2-4-12-29(27)37/h1-22H. The quantitative estimate of drug-likeness (QED) is 0.197. The molecule has 0 N–H and O–H groups in total. The zero-order valence-corrected chi connectivity index (χ0v) is 23.5. The number of ether oxygens (including phenoxy) is 2. The van der Waals surface area contributed by atoms with Gasteiger partial charge in [0.1, 0.15) is 23.0 Å². The fourth-order valence-corrected chi connectivity index (χ4v) is 11.0. The molecule has 5 heteroatoms. The molecular formula is C36H22NO2PS. The van der Waals surface area contributed by atoms with Crippen LogP contribution in [0.3, 0.4) is 0 Å². The topological polar surface area (TPSA) is 23.4 Å². The van der Waals surface area contributed by atoms with Crippen LogP contribution in [0.25, 0.3) is 38.6 Å². The molecule has 7 aromatic rings. The van der Waals surface area contributed by atoms with Gasteiger partial charge in [-0.2, -0.15) is 0 Å². The van der Waals surface area contributed by atoms with Crippen molar-refractivity contribution in [3.63, 3.8) is 0 Å². The van der Waals surface area contributed by atoms with Crippen molar-refractivity contribution < 1.29 is 9.47 Å². The van der Waals surface area contributed by atoms with Crippen LogP contribution in [0.15, 0.2) is 133 Å². The number of benzene rings is 6. The van der Waals surface area contributed by atoms with Gasteiger partial charge in [-0.1, -0.05) is 84.6 Å². The van der Waals surface area contributed by atoms with Gasteiger partial charge in [-0.3, -0.25) is 0 Å². The molecule has 2 aliphatic rings. The van der Waals surface area contributed by atoms with Gasteiger partial charge in [-0.05, 0) is 66.2 Å². The molecule has 3 heterocycles. The van der Waals surface area contributed by atoms with Gasteiger partial charge in [0, 0.05) is 32.6 Å². The third kappa shape index (κ3) is 3.12. The molecule has 0 aliphatic carbocycles. The summed E-state index contributed by atoms with van der Waals surface area (Å²) in [5, 5.41) is 5.68. The molecule has 2 aliphatic heterocycles. The fourth-order valence-electron chi connectivity index (χ4n) is 6.46. The summed E-state index contributed by atoms with van der Waals surface area (Å²) in [6, 6.07) is 44.1. The Bertz CT molecular complexity index is 2180. The van der Waals surface area contributed by atoms with E-state index in [1.807, 2.05) is 24.3 Å². The van der Waals surface area contributed by atoms with Gasteiger partial charge in [-0.15, -0.1) is 0 Å². The summed E-state index contributed by atoms with van der Waals surface area (Å²) in [5.74, 6) is 3.28. The molecule has 0 amide bonds. The molecule has 0 saturated heterocycles. The van der Waals surface area contributed by atoms with E-state index in [4.69, 9.17) is 21.3 Å². The van der Waals surface area contributed by atoms with Gasteiger partial charge in [0.2, 0.25) is 0 Å². The molecule has 1 aromatic heterocycles. The third-order valence-electron chi connectivity index (χ3n) is 8.27. The van der Waals surface area contributed by atoms with Crippen molar-refractivity contribution >= 4 is 55.6 Å². The lowest BCUT2D eigenvalue weighted by Gasteiger charge is -2.38. The molecule has 1 atom stereocenters. The predicted molar refractivity (Wildman–Crippen MR) is 172 cm³/mol. The summed E-state index contributed by atoms with van der Waals surface area (Å²) in [6.45, 7) is 0. The third-order valence-corrected chi connectivity index (χ3v) is 13.1. The molecule has 0 saturated carbocycles. The molecular weight excluding hydrogens is 541 g/mol. The lowest BCUT2D eigenvalue weighted by atomic mass is 10.0. The van der Waals surface area contributed by atoms with Crippen molar-refractivity contribution in [3.05, 3.63) is 133 Å². The van der Waals surface area contributed by atoms with E-state index in [9.17, 15) is 0 Å². The van der Waals surface area contributed by atoms with Crippen LogP contribution in [0.2, 0.25) is 0 Å². The molecule has 3 nitrogen and oxygen atoms in total. The van der Waals surface area contributed by atoms with Crippen molar-refractivity contribution in [2.45, 2.75) is 0 Å². The SMILES string of the molecule is S=P12c3ccccc3Oc3ccc(-c4ccc(-n5c6ccccc6c6ccccc65)cc4)c(c31)Oc1ccccc12. The molecule has 0 bridgehead atoms. The number of aromatic nitrogens is 1. The zero-order chi connectivity index (χ0) is 27.1. The number of rotatable bonds is 2. The lowest BCUT2D eigenvalue weighted by molar-refractivity contribution is 0.467. The Labute approximate surface area is 242 Å². The Morgan fingerprint density at radius 3 is 1.73 bits per heavy atom. The van der Waals surface area contributed by atoms with Crippen LogP contribution < -0.4 is 25.4 Å². The van der Waals surface area contributed by atoms with E-state index < -0.39 is 6.04 Å². The van der Waals surface area contributed by atoms with E-state index in [0.717, 1.165) is 55.7 Å². The number of para-hydroxylation sites is 4. The number of fused-ring (bicyclic) bond motifs is 7. The maximum absolute atomic E-state index is 6.68. The highest BCUT2D eigenvalue weighted by molar-refractivity contribution is 8.26. The van der Waals surface area contributed by atoms with Gasteiger partial charge < -0.3 is 14.0 Å². The van der Waals surface area contributed by atoms with E-state index in [-0.39, 0.29) is 0 Å². The minimum Gasteiger partial charge on any atom is -0.456 e. The minimum atomic E-state index is -2.39. The molecule has 9 rings (SSSR count). The fraction of sp³-hybridized carbons (Fsp3) is 0. The maximum atomic E-state index is 6.68. The van der Waals surface area contributed by atoms with Gasteiger partial charge in [0.15, 0.2) is 0 Å². The number of nitrogens with zero attached hydrogens (tertiary/aromatic N) is 1. The summed E-state index contributed by atoms with van der Waals surface area (Å²) < 4.78 is 15.4. The van der Waals surface area contributed by atoms with Crippen molar-refractivity contribution in [2.24, 2.45) is 0 Å². The first-order valence-corrected chi connectivity index (χ1v) is 16.4. The largest absolute Gasteiger partial charge is 0.456 e. The highest BCUT2D eigenvalue weighted by Gasteiger charge is 2.43.